The van der Waals surface area contributed by atoms with Gasteiger partial charge in [0.25, 0.3) is 0 Å². The number of piperidine rings is 1. The normalized spacial score (nSPS) is 28.7. The van der Waals surface area contributed by atoms with Crippen molar-refractivity contribution in [3.63, 3.8) is 0 Å². The van der Waals surface area contributed by atoms with Crippen LogP contribution in [0.15, 0.2) is 12.3 Å². The molecule has 0 aromatic carbocycles. The molecular weight excluding hydrogens is 443 g/mol. The molecule has 2 saturated heterocycles. The van der Waals surface area contributed by atoms with Gasteiger partial charge in [0.05, 0.1) is 24.4 Å². The minimum absolute atomic E-state index is 0.0106. The van der Waals surface area contributed by atoms with E-state index < -0.39 is 11.8 Å². The van der Waals surface area contributed by atoms with E-state index in [2.05, 4.69) is 35.1 Å². The maximum atomic E-state index is 14.8. The van der Waals surface area contributed by atoms with Crippen LogP contribution in [0, 0.1) is 0 Å². The molecule has 2 fully saturated rings. The highest BCUT2D eigenvalue weighted by atomic mass is 32.1. The number of aliphatic hydroxyl groups is 1. The molecule has 0 bridgehead atoms. The number of likely N-dealkylation sites (tertiary alicyclic amines) is 1. The Labute approximate surface area is 198 Å². The van der Waals surface area contributed by atoms with E-state index in [1.54, 1.807) is 0 Å². The van der Waals surface area contributed by atoms with Crippen molar-refractivity contribution < 1.29 is 19.0 Å². The van der Waals surface area contributed by atoms with Gasteiger partial charge in [0, 0.05) is 67.6 Å². The van der Waals surface area contributed by atoms with Gasteiger partial charge in [-0.3, -0.25) is 4.90 Å². The van der Waals surface area contributed by atoms with Crippen LogP contribution in [0.3, 0.4) is 0 Å². The van der Waals surface area contributed by atoms with Gasteiger partial charge in [-0.15, -0.1) is 16.4 Å². The van der Waals surface area contributed by atoms with Crippen LogP contribution < -0.4 is 0 Å². The first kappa shape index (κ1) is 23.4. The molecule has 33 heavy (non-hydrogen) atoms. The van der Waals surface area contributed by atoms with E-state index in [0.29, 0.717) is 38.6 Å². The second-order valence-electron chi connectivity index (χ2n) is 9.88. The van der Waals surface area contributed by atoms with Gasteiger partial charge in [-0.2, -0.15) is 0 Å². The summed E-state index contributed by atoms with van der Waals surface area (Å²) in [7, 11) is 0. The third-order valence-electron chi connectivity index (χ3n) is 7.70. The zero-order valence-electron chi connectivity index (χ0n) is 19.6. The van der Waals surface area contributed by atoms with Crippen LogP contribution >= 0.6 is 11.3 Å². The van der Waals surface area contributed by atoms with Crippen LogP contribution in [0.1, 0.15) is 60.5 Å². The second-order valence-corrected chi connectivity index (χ2v) is 11.1. The number of thiophene rings is 1. The zero-order valence-corrected chi connectivity index (χ0v) is 20.4. The van der Waals surface area contributed by atoms with Crippen molar-refractivity contribution in [3.8, 4) is 0 Å². The Bertz CT molecular complexity index is 959. The fourth-order valence-corrected chi connectivity index (χ4v) is 6.77. The molecule has 1 N–H and O–H groups in total. The largest absolute Gasteiger partial charge is 0.387 e. The third kappa shape index (κ3) is 4.62. The monoisotopic (exact) mass is 478 g/mol. The number of nitrogens with zero attached hydrogens (tertiary/aromatic N) is 4. The van der Waals surface area contributed by atoms with Crippen molar-refractivity contribution in [2.45, 2.75) is 88.9 Å². The molecular formula is C24H35FN4O3S. The molecule has 2 aromatic rings. The Morgan fingerprint density at radius 2 is 2.12 bits per heavy atom. The van der Waals surface area contributed by atoms with E-state index in [9.17, 15) is 9.50 Å². The Morgan fingerprint density at radius 3 is 2.88 bits per heavy atom. The molecule has 0 aliphatic carbocycles. The van der Waals surface area contributed by atoms with Crippen LogP contribution in [0.5, 0.6) is 0 Å². The lowest BCUT2D eigenvalue weighted by molar-refractivity contribution is -0.112. The fourth-order valence-electron chi connectivity index (χ4n) is 5.59. The average Bonchev–Trinajstić information content (AvgIpc) is 3.44. The molecule has 1 spiro atoms. The minimum Gasteiger partial charge on any atom is -0.387 e. The fraction of sp³-hybridized carbons (Fsp3) is 0.750. The molecule has 7 nitrogen and oxygen atoms in total. The van der Waals surface area contributed by atoms with Crippen molar-refractivity contribution in [2.75, 3.05) is 26.4 Å². The zero-order chi connectivity index (χ0) is 23.1. The highest BCUT2D eigenvalue weighted by molar-refractivity contribution is 7.12. The van der Waals surface area contributed by atoms with Crippen molar-refractivity contribution in [3.05, 3.63) is 33.3 Å². The first-order chi connectivity index (χ1) is 15.9. The lowest BCUT2D eigenvalue weighted by Crippen LogP contribution is -2.50. The molecule has 0 radical (unpaired) electrons. The molecule has 9 heteroatoms. The summed E-state index contributed by atoms with van der Waals surface area (Å²) in [6, 6.07) is 2.73. The Hall–Kier alpha value is -1.39. The van der Waals surface area contributed by atoms with Gasteiger partial charge in [0.15, 0.2) is 0 Å². The number of aromatic nitrogens is 3. The van der Waals surface area contributed by atoms with Crippen molar-refractivity contribution in [2.24, 2.45) is 0 Å². The number of aryl methyl sites for hydroxylation is 1. The van der Waals surface area contributed by atoms with Crippen LogP contribution in [0.4, 0.5) is 4.39 Å². The Morgan fingerprint density at radius 1 is 1.30 bits per heavy atom. The highest BCUT2D eigenvalue weighted by Gasteiger charge is 2.44. The van der Waals surface area contributed by atoms with Crippen molar-refractivity contribution >= 4 is 11.3 Å². The van der Waals surface area contributed by atoms with Crippen molar-refractivity contribution in [1.29, 1.82) is 0 Å². The molecule has 3 aliphatic rings. The molecule has 182 valence electrons. The summed E-state index contributed by atoms with van der Waals surface area (Å²) in [5, 5.41) is 19.0. The number of ether oxygens (including phenoxy) is 2. The number of rotatable bonds is 6. The molecule has 5 rings (SSSR count). The lowest BCUT2D eigenvalue weighted by atomic mass is 9.79. The summed E-state index contributed by atoms with van der Waals surface area (Å²) in [5.74, 6) is 0. The van der Waals surface area contributed by atoms with Crippen molar-refractivity contribution in [1.82, 2.24) is 19.9 Å². The molecule has 3 aliphatic heterocycles. The number of hydrogen-bond acceptors (Lipinski definition) is 7. The van der Waals surface area contributed by atoms with Gasteiger partial charge in [0.1, 0.15) is 11.8 Å². The van der Waals surface area contributed by atoms with E-state index in [1.807, 2.05) is 17.5 Å². The smallest absolute Gasteiger partial charge is 0.148 e. The van der Waals surface area contributed by atoms with Crippen LogP contribution in [0.25, 0.3) is 0 Å². The summed E-state index contributed by atoms with van der Waals surface area (Å²) in [6.07, 6.45) is 5.11. The minimum atomic E-state index is -1.39. The predicted molar refractivity (Wildman–Crippen MR) is 124 cm³/mol. The molecule has 0 amide bonds. The van der Waals surface area contributed by atoms with Gasteiger partial charge in [0.2, 0.25) is 0 Å². The molecule has 3 atom stereocenters. The number of fused-ring (bicyclic) bond motifs is 2. The van der Waals surface area contributed by atoms with E-state index in [-0.39, 0.29) is 12.1 Å². The SMILES string of the molecule is CCc1cc2c(s1)CCO[C@@]21CCN(Cc2cn(CC(F)C3(O)CCOCC3)nn2)[C@@H](C)C1. The van der Waals surface area contributed by atoms with Crippen LogP contribution in [0.2, 0.25) is 0 Å². The molecule has 5 heterocycles. The predicted octanol–water partition coefficient (Wildman–Crippen LogP) is 3.23. The quantitative estimate of drug-likeness (QED) is 0.687. The van der Waals surface area contributed by atoms with Gasteiger partial charge >= 0.3 is 0 Å². The van der Waals surface area contributed by atoms with E-state index >= 15 is 0 Å². The first-order valence-corrected chi connectivity index (χ1v) is 13.1. The Balaban J connectivity index is 1.21. The summed E-state index contributed by atoms with van der Waals surface area (Å²) in [5.41, 5.74) is 0.759. The summed E-state index contributed by atoms with van der Waals surface area (Å²) >= 11 is 1.95. The Kier molecular flexibility index (Phi) is 6.61. The van der Waals surface area contributed by atoms with Gasteiger partial charge in [-0.05, 0) is 37.8 Å². The molecule has 2 aromatic heterocycles. The van der Waals surface area contributed by atoms with Gasteiger partial charge in [-0.25, -0.2) is 9.07 Å². The van der Waals surface area contributed by atoms with E-state index in [0.717, 1.165) is 44.5 Å². The van der Waals surface area contributed by atoms with E-state index in [4.69, 9.17) is 9.47 Å². The lowest BCUT2D eigenvalue weighted by Gasteiger charge is -2.47. The topological polar surface area (TPSA) is 72.6 Å². The van der Waals surface area contributed by atoms with Crippen LogP contribution in [-0.4, -0.2) is 69.2 Å². The van der Waals surface area contributed by atoms with Crippen LogP contribution in [-0.2, 0) is 41.0 Å². The maximum Gasteiger partial charge on any atom is 0.148 e. The van der Waals surface area contributed by atoms with Gasteiger partial charge in [-0.1, -0.05) is 12.1 Å². The standard InChI is InChI=1S/C24H35FN4O3S/c1-3-19-12-20-21(33-19)4-9-32-24(20)5-8-28(17(2)13-24)14-18-15-29(27-26-18)16-22(25)23(30)6-10-31-11-7-23/h12,15,17,22,30H,3-11,13-14,16H2,1-2H3/t17-,22?,24+/m0/s1. The van der Waals surface area contributed by atoms with E-state index in [1.165, 1.54) is 20.0 Å². The number of alkyl halides is 1. The summed E-state index contributed by atoms with van der Waals surface area (Å²) < 4.78 is 28.1. The molecule has 0 saturated carbocycles. The second kappa shape index (κ2) is 9.34. The summed E-state index contributed by atoms with van der Waals surface area (Å²) in [6.45, 7) is 7.69. The molecule has 1 unspecified atom stereocenters. The van der Waals surface area contributed by atoms with Gasteiger partial charge < -0.3 is 14.6 Å². The highest BCUT2D eigenvalue weighted by Crippen LogP contribution is 2.46. The summed E-state index contributed by atoms with van der Waals surface area (Å²) in [4.78, 5) is 5.38. The maximum absolute atomic E-state index is 14.8. The first-order valence-electron chi connectivity index (χ1n) is 12.2. The third-order valence-corrected chi connectivity index (χ3v) is 9.04. The number of halogens is 1. The average molecular weight is 479 g/mol. The number of hydrogen-bond donors (Lipinski definition) is 1.